The van der Waals surface area contributed by atoms with Gasteiger partial charge in [-0.25, -0.2) is 4.52 Å². The van der Waals surface area contributed by atoms with Crippen molar-refractivity contribution in [2.24, 2.45) is 0 Å². The van der Waals surface area contributed by atoms with E-state index >= 15 is 0 Å². The van der Waals surface area contributed by atoms with E-state index in [-0.39, 0.29) is 5.43 Å². The first-order chi connectivity index (χ1) is 4.86. The summed E-state index contributed by atoms with van der Waals surface area (Å²) in [6, 6.07) is 3.06. The Balaban J connectivity index is 2.99. The number of fused-ring (bicyclic) bond motifs is 1. The zero-order chi connectivity index (χ0) is 6.97. The smallest absolute Gasteiger partial charge is 0.183 e. The van der Waals surface area contributed by atoms with E-state index in [0.717, 1.165) is 4.83 Å². The van der Waals surface area contributed by atoms with Crippen LogP contribution in [0.25, 0.3) is 4.83 Å². The summed E-state index contributed by atoms with van der Waals surface area (Å²) < 4.78 is 1.67. The molecule has 0 aliphatic rings. The van der Waals surface area contributed by atoms with Gasteiger partial charge in [0, 0.05) is 18.3 Å². The van der Waals surface area contributed by atoms with Crippen molar-refractivity contribution in [2.45, 2.75) is 0 Å². The molecule has 0 saturated heterocycles. The van der Waals surface area contributed by atoms with Gasteiger partial charge in [-0.3, -0.25) is 4.79 Å². The van der Waals surface area contributed by atoms with Gasteiger partial charge in [0.05, 0.1) is 0 Å². The second kappa shape index (κ2) is 1.91. The van der Waals surface area contributed by atoms with E-state index in [0.29, 0.717) is 0 Å². The highest BCUT2D eigenvalue weighted by molar-refractivity contribution is 7.15. The molecule has 0 unspecified atom stereocenters. The Hall–Kier alpha value is -1.16. The van der Waals surface area contributed by atoms with Gasteiger partial charge < -0.3 is 0 Å². The second-order valence-electron chi connectivity index (χ2n) is 1.88. The Morgan fingerprint density at radius 3 is 3.40 bits per heavy atom. The van der Waals surface area contributed by atoms with E-state index in [2.05, 4.69) is 5.10 Å². The van der Waals surface area contributed by atoms with Crippen molar-refractivity contribution < 1.29 is 0 Å². The fourth-order valence-corrected chi connectivity index (χ4v) is 1.42. The zero-order valence-electron chi connectivity index (χ0n) is 5.02. The molecule has 3 nitrogen and oxygen atoms in total. The minimum Gasteiger partial charge on any atom is -0.290 e. The van der Waals surface area contributed by atoms with Crippen molar-refractivity contribution in [3.63, 3.8) is 0 Å². The largest absolute Gasteiger partial charge is 0.290 e. The summed E-state index contributed by atoms with van der Waals surface area (Å²) in [4.78, 5) is 11.6. The van der Waals surface area contributed by atoms with Crippen LogP contribution >= 0.6 is 11.3 Å². The lowest BCUT2D eigenvalue weighted by molar-refractivity contribution is 0.958. The molecule has 0 N–H and O–H groups in total. The van der Waals surface area contributed by atoms with Gasteiger partial charge in [-0.05, 0) is 0 Å². The van der Waals surface area contributed by atoms with Gasteiger partial charge in [-0.2, -0.15) is 5.10 Å². The number of aromatic nitrogens is 2. The standard InChI is InChI=1S/C6H4N2OS/c9-5-1-2-8-6(3-5)10-4-7-8/h1-4H. The van der Waals surface area contributed by atoms with Crippen LogP contribution in [0.1, 0.15) is 0 Å². The van der Waals surface area contributed by atoms with Crippen molar-refractivity contribution in [3.05, 3.63) is 34.1 Å². The molecule has 2 rings (SSSR count). The molecule has 0 fully saturated rings. The summed E-state index contributed by atoms with van der Waals surface area (Å²) in [5.41, 5.74) is 1.73. The average Bonchev–Trinajstić information content (AvgIpc) is 2.33. The molecule has 50 valence electrons. The third-order valence-corrected chi connectivity index (χ3v) is 1.96. The van der Waals surface area contributed by atoms with Gasteiger partial charge in [0.25, 0.3) is 0 Å². The highest BCUT2D eigenvalue weighted by Crippen LogP contribution is 2.03. The highest BCUT2D eigenvalue weighted by atomic mass is 32.1. The van der Waals surface area contributed by atoms with Crippen molar-refractivity contribution in [2.75, 3.05) is 0 Å². The van der Waals surface area contributed by atoms with Gasteiger partial charge in [0.2, 0.25) is 0 Å². The quantitative estimate of drug-likeness (QED) is 0.558. The van der Waals surface area contributed by atoms with Crippen LogP contribution in [0.4, 0.5) is 0 Å². The molecule has 4 heteroatoms. The fourth-order valence-electron chi connectivity index (χ4n) is 0.765. The zero-order valence-corrected chi connectivity index (χ0v) is 5.84. The Morgan fingerprint density at radius 1 is 1.60 bits per heavy atom. The SMILES string of the molecule is O=c1ccn2ncsc2c1. The van der Waals surface area contributed by atoms with Gasteiger partial charge >= 0.3 is 0 Å². The first kappa shape index (κ1) is 5.61. The number of hydrogen-bond donors (Lipinski definition) is 0. The Bertz CT molecular complexity index is 403. The van der Waals surface area contributed by atoms with Gasteiger partial charge in [-0.15, -0.1) is 11.3 Å². The monoisotopic (exact) mass is 152 g/mol. The third kappa shape index (κ3) is 0.733. The molecule has 0 aromatic carbocycles. The molecule has 0 aliphatic carbocycles. The van der Waals surface area contributed by atoms with Crippen LogP contribution in [0.3, 0.4) is 0 Å². The van der Waals surface area contributed by atoms with Crippen molar-refractivity contribution in [3.8, 4) is 0 Å². The molecular formula is C6H4N2OS. The molecule has 0 amide bonds. The lowest BCUT2D eigenvalue weighted by Gasteiger charge is -1.84. The number of hydrogen-bond acceptors (Lipinski definition) is 3. The van der Waals surface area contributed by atoms with Crippen LogP contribution in [0.5, 0.6) is 0 Å². The molecule has 2 aromatic rings. The Morgan fingerprint density at radius 2 is 2.50 bits per heavy atom. The highest BCUT2D eigenvalue weighted by Gasteiger charge is 1.91. The Kier molecular flexibility index (Phi) is 1.07. The molecule has 10 heavy (non-hydrogen) atoms. The third-order valence-electron chi connectivity index (χ3n) is 1.22. The van der Waals surface area contributed by atoms with Crippen molar-refractivity contribution in [1.29, 1.82) is 0 Å². The number of nitrogens with zero attached hydrogens (tertiary/aromatic N) is 2. The summed E-state index contributed by atoms with van der Waals surface area (Å²) in [7, 11) is 0. The molecule has 0 saturated carbocycles. The van der Waals surface area contributed by atoms with E-state index in [1.807, 2.05) is 0 Å². The van der Waals surface area contributed by atoms with Crippen LogP contribution in [0, 0.1) is 0 Å². The molecule has 0 bridgehead atoms. The fraction of sp³-hybridized carbons (Fsp3) is 0. The lowest BCUT2D eigenvalue weighted by Crippen LogP contribution is -1.97. The minimum absolute atomic E-state index is 0.0317. The molecule has 2 aromatic heterocycles. The van der Waals surface area contributed by atoms with E-state index in [1.54, 1.807) is 22.3 Å². The maximum Gasteiger partial charge on any atom is 0.183 e. The number of rotatable bonds is 0. The summed E-state index contributed by atoms with van der Waals surface area (Å²) in [6.07, 6.45) is 1.66. The molecule has 2 heterocycles. The van der Waals surface area contributed by atoms with Gasteiger partial charge in [-0.1, -0.05) is 0 Å². The number of pyridine rings is 1. The van der Waals surface area contributed by atoms with E-state index in [1.165, 1.54) is 17.4 Å². The van der Waals surface area contributed by atoms with Crippen LogP contribution in [-0.2, 0) is 0 Å². The predicted octanol–water partition coefficient (Wildman–Crippen LogP) is 0.756. The van der Waals surface area contributed by atoms with Crippen molar-refractivity contribution in [1.82, 2.24) is 9.61 Å². The van der Waals surface area contributed by atoms with E-state index < -0.39 is 0 Å². The van der Waals surface area contributed by atoms with Crippen LogP contribution in [-0.4, -0.2) is 9.61 Å². The van der Waals surface area contributed by atoms with Crippen molar-refractivity contribution >= 4 is 16.2 Å². The summed E-state index contributed by atoms with van der Waals surface area (Å²) in [5.74, 6) is 0. The predicted molar refractivity (Wildman–Crippen MR) is 39.3 cm³/mol. The first-order valence-electron chi connectivity index (χ1n) is 2.78. The maximum atomic E-state index is 10.7. The topological polar surface area (TPSA) is 34.4 Å². The maximum absolute atomic E-state index is 10.7. The molecule has 0 aliphatic heterocycles. The van der Waals surface area contributed by atoms with Crippen LogP contribution in [0.2, 0.25) is 0 Å². The molecular weight excluding hydrogens is 148 g/mol. The van der Waals surface area contributed by atoms with E-state index in [9.17, 15) is 4.79 Å². The molecule has 0 atom stereocenters. The first-order valence-corrected chi connectivity index (χ1v) is 3.66. The minimum atomic E-state index is 0.0317. The normalized spacial score (nSPS) is 10.4. The van der Waals surface area contributed by atoms with Gasteiger partial charge in [0.15, 0.2) is 5.43 Å². The summed E-state index contributed by atoms with van der Waals surface area (Å²) in [6.45, 7) is 0. The summed E-state index contributed by atoms with van der Waals surface area (Å²) >= 11 is 1.45. The Labute approximate surface area is 60.6 Å². The van der Waals surface area contributed by atoms with E-state index in [4.69, 9.17) is 0 Å². The van der Waals surface area contributed by atoms with Crippen LogP contribution < -0.4 is 5.43 Å². The average molecular weight is 152 g/mol. The lowest BCUT2D eigenvalue weighted by atomic mass is 10.5. The summed E-state index contributed by atoms with van der Waals surface area (Å²) in [5, 5.41) is 3.96. The van der Waals surface area contributed by atoms with Crippen LogP contribution in [0.15, 0.2) is 28.6 Å². The van der Waals surface area contributed by atoms with Gasteiger partial charge in [0.1, 0.15) is 10.3 Å². The molecule has 0 spiro atoms. The second-order valence-corrected chi connectivity index (χ2v) is 2.75. The molecule has 0 radical (unpaired) electrons.